The molecule has 1 atom stereocenters. The third kappa shape index (κ3) is 5.72. The first kappa shape index (κ1) is 18.2. The van der Waals surface area contributed by atoms with Gasteiger partial charge in [-0.1, -0.05) is 12.1 Å². The van der Waals surface area contributed by atoms with Crippen molar-refractivity contribution in [1.29, 1.82) is 0 Å². The monoisotopic (exact) mass is 344 g/mol. The summed E-state index contributed by atoms with van der Waals surface area (Å²) in [6.45, 7) is 10.2. The van der Waals surface area contributed by atoms with Crippen LogP contribution in [0, 0.1) is 12.8 Å². The van der Waals surface area contributed by atoms with Crippen LogP contribution in [0.25, 0.3) is 0 Å². The minimum absolute atomic E-state index is 0.201. The van der Waals surface area contributed by atoms with Gasteiger partial charge in [-0.05, 0) is 56.5 Å². The van der Waals surface area contributed by atoms with E-state index in [1.807, 2.05) is 0 Å². The number of aryl methyl sites for hydroxylation is 1. The number of carbonyl (C=O) groups is 1. The smallest absolute Gasteiger partial charge is 0.221 e. The molecule has 2 saturated heterocycles. The van der Waals surface area contributed by atoms with E-state index in [0.717, 1.165) is 52.4 Å². The fraction of sp³-hybridized carbons (Fsp3) is 0.650. The highest BCUT2D eigenvalue weighted by Gasteiger charge is 2.18. The highest BCUT2D eigenvalue weighted by molar-refractivity contribution is 5.76. The van der Waals surface area contributed by atoms with Gasteiger partial charge in [0.1, 0.15) is 0 Å². The highest BCUT2D eigenvalue weighted by Crippen LogP contribution is 2.17. The lowest BCUT2D eigenvalue weighted by Gasteiger charge is -2.36. The molecule has 5 nitrogen and oxygen atoms in total. The van der Waals surface area contributed by atoms with Crippen molar-refractivity contribution in [2.75, 3.05) is 57.3 Å². The number of nitrogens with zero attached hydrogens (tertiary/aromatic N) is 2. The van der Waals surface area contributed by atoms with Gasteiger partial charge in [0.05, 0.1) is 0 Å². The van der Waals surface area contributed by atoms with Crippen molar-refractivity contribution in [2.24, 2.45) is 5.92 Å². The van der Waals surface area contributed by atoms with Gasteiger partial charge in [-0.15, -0.1) is 0 Å². The maximum absolute atomic E-state index is 12.1. The number of anilines is 1. The second kappa shape index (κ2) is 9.20. The van der Waals surface area contributed by atoms with Gasteiger partial charge in [0.2, 0.25) is 5.91 Å². The number of piperazine rings is 1. The van der Waals surface area contributed by atoms with Gasteiger partial charge >= 0.3 is 0 Å². The molecule has 0 spiro atoms. The Morgan fingerprint density at radius 1 is 1.28 bits per heavy atom. The fourth-order valence-electron chi connectivity index (χ4n) is 3.76. The zero-order valence-electron chi connectivity index (χ0n) is 15.5. The van der Waals surface area contributed by atoms with Crippen LogP contribution in [0.2, 0.25) is 0 Å². The predicted octanol–water partition coefficient (Wildman–Crippen LogP) is 1.62. The Morgan fingerprint density at radius 2 is 2.12 bits per heavy atom. The Kier molecular flexibility index (Phi) is 6.70. The van der Waals surface area contributed by atoms with Gasteiger partial charge in [0.25, 0.3) is 0 Å². The van der Waals surface area contributed by atoms with Crippen molar-refractivity contribution in [3.8, 4) is 0 Å². The summed E-state index contributed by atoms with van der Waals surface area (Å²) < 4.78 is 0. The van der Waals surface area contributed by atoms with Gasteiger partial charge in [-0.3, -0.25) is 9.69 Å². The third-order valence-electron chi connectivity index (χ3n) is 5.38. The van der Waals surface area contributed by atoms with Crippen molar-refractivity contribution in [3.63, 3.8) is 0 Å². The van der Waals surface area contributed by atoms with Crippen molar-refractivity contribution in [3.05, 3.63) is 29.8 Å². The summed E-state index contributed by atoms with van der Waals surface area (Å²) in [6, 6.07) is 8.71. The summed E-state index contributed by atoms with van der Waals surface area (Å²) in [6.07, 6.45) is 3.07. The fourth-order valence-corrected chi connectivity index (χ4v) is 3.76. The number of piperidine rings is 1. The SMILES string of the molecule is Cc1cccc(N2CCN(CCC(=O)NCC3CCCNC3)CC2)c1. The van der Waals surface area contributed by atoms with Gasteiger partial charge < -0.3 is 15.5 Å². The molecule has 2 aliphatic rings. The molecule has 25 heavy (non-hydrogen) atoms. The summed E-state index contributed by atoms with van der Waals surface area (Å²) >= 11 is 0. The Bertz CT molecular complexity index is 548. The number of rotatable bonds is 6. The van der Waals surface area contributed by atoms with E-state index in [9.17, 15) is 4.79 Å². The first-order chi connectivity index (χ1) is 12.2. The van der Waals surface area contributed by atoms with E-state index in [2.05, 4.69) is 51.6 Å². The summed E-state index contributed by atoms with van der Waals surface area (Å²) in [5, 5.41) is 6.52. The van der Waals surface area contributed by atoms with Crippen molar-refractivity contribution < 1.29 is 4.79 Å². The Morgan fingerprint density at radius 3 is 2.84 bits per heavy atom. The van der Waals surface area contributed by atoms with Crippen LogP contribution < -0.4 is 15.5 Å². The van der Waals surface area contributed by atoms with E-state index in [-0.39, 0.29) is 5.91 Å². The molecule has 0 saturated carbocycles. The van der Waals surface area contributed by atoms with Crippen LogP contribution in [0.5, 0.6) is 0 Å². The second-order valence-electron chi connectivity index (χ2n) is 7.43. The minimum atomic E-state index is 0.201. The summed E-state index contributed by atoms with van der Waals surface area (Å²) in [7, 11) is 0. The molecule has 5 heteroatoms. The third-order valence-corrected chi connectivity index (χ3v) is 5.38. The van der Waals surface area contributed by atoms with E-state index in [1.165, 1.54) is 24.1 Å². The molecule has 2 fully saturated rings. The van der Waals surface area contributed by atoms with Crippen LogP contribution in [0.1, 0.15) is 24.8 Å². The van der Waals surface area contributed by atoms with Gasteiger partial charge in [-0.25, -0.2) is 0 Å². The van der Waals surface area contributed by atoms with E-state index in [1.54, 1.807) is 0 Å². The van der Waals surface area contributed by atoms with Crippen LogP contribution in [-0.2, 0) is 4.79 Å². The van der Waals surface area contributed by atoms with Crippen LogP contribution >= 0.6 is 0 Å². The zero-order valence-corrected chi connectivity index (χ0v) is 15.5. The summed E-state index contributed by atoms with van der Waals surface area (Å²) in [5.41, 5.74) is 2.63. The van der Waals surface area contributed by atoms with Crippen LogP contribution in [0.3, 0.4) is 0 Å². The zero-order chi connectivity index (χ0) is 17.5. The lowest BCUT2D eigenvalue weighted by Crippen LogP contribution is -2.47. The molecular weight excluding hydrogens is 312 g/mol. The Labute approximate surface area is 151 Å². The van der Waals surface area contributed by atoms with Crippen LogP contribution in [-0.4, -0.2) is 63.2 Å². The molecule has 1 unspecified atom stereocenters. The van der Waals surface area contributed by atoms with E-state index in [0.29, 0.717) is 12.3 Å². The summed E-state index contributed by atoms with van der Waals surface area (Å²) in [4.78, 5) is 16.9. The molecule has 138 valence electrons. The van der Waals surface area contributed by atoms with Crippen molar-refractivity contribution >= 4 is 11.6 Å². The average molecular weight is 345 g/mol. The van der Waals surface area contributed by atoms with E-state index in [4.69, 9.17) is 0 Å². The normalized spacial score (nSPS) is 22.0. The summed E-state index contributed by atoms with van der Waals surface area (Å²) in [5.74, 6) is 0.808. The standard InChI is InChI=1S/C20H32N4O/c1-17-4-2-6-19(14-17)24-12-10-23(11-13-24)9-7-20(25)22-16-18-5-3-8-21-15-18/h2,4,6,14,18,21H,3,5,7-13,15-16H2,1H3,(H,22,25). The molecule has 0 radical (unpaired) electrons. The molecule has 2 heterocycles. The lowest BCUT2D eigenvalue weighted by molar-refractivity contribution is -0.121. The largest absolute Gasteiger partial charge is 0.369 e. The van der Waals surface area contributed by atoms with Crippen molar-refractivity contribution in [2.45, 2.75) is 26.2 Å². The number of hydrogen-bond acceptors (Lipinski definition) is 4. The van der Waals surface area contributed by atoms with E-state index >= 15 is 0 Å². The quantitative estimate of drug-likeness (QED) is 0.823. The van der Waals surface area contributed by atoms with E-state index < -0.39 is 0 Å². The minimum Gasteiger partial charge on any atom is -0.369 e. The molecule has 1 aromatic rings. The molecule has 1 amide bonds. The number of nitrogens with one attached hydrogen (secondary N) is 2. The molecular formula is C20H32N4O. The van der Waals surface area contributed by atoms with Crippen LogP contribution in [0.4, 0.5) is 5.69 Å². The molecule has 0 aromatic heterocycles. The molecule has 0 bridgehead atoms. The van der Waals surface area contributed by atoms with Gasteiger partial charge in [0.15, 0.2) is 0 Å². The first-order valence-corrected chi connectivity index (χ1v) is 9.72. The first-order valence-electron chi connectivity index (χ1n) is 9.72. The molecule has 3 rings (SSSR count). The molecule has 0 aliphatic carbocycles. The van der Waals surface area contributed by atoms with Gasteiger partial charge in [-0.2, -0.15) is 0 Å². The van der Waals surface area contributed by atoms with Gasteiger partial charge in [0, 0.05) is 51.4 Å². The maximum atomic E-state index is 12.1. The number of benzene rings is 1. The average Bonchev–Trinajstić information content (AvgIpc) is 2.66. The highest BCUT2D eigenvalue weighted by atomic mass is 16.1. The number of hydrogen-bond donors (Lipinski definition) is 2. The Hall–Kier alpha value is -1.59. The lowest BCUT2D eigenvalue weighted by atomic mass is 10.00. The molecule has 1 aromatic carbocycles. The van der Waals surface area contributed by atoms with Crippen LogP contribution in [0.15, 0.2) is 24.3 Å². The van der Waals surface area contributed by atoms with Crippen molar-refractivity contribution in [1.82, 2.24) is 15.5 Å². The predicted molar refractivity (Wildman–Crippen MR) is 103 cm³/mol. The molecule has 2 N–H and O–H groups in total. The maximum Gasteiger partial charge on any atom is 0.221 e. The Balaban J connectivity index is 1.32. The molecule has 2 aliphatic heterocycles. The number of amides is 1. The number of carbonyl (C=O) groups excluding carboxylic acids is 1. The topological polar surface area (TPSA) is 47.6 Å². The second-order valence-corrected chi connectivity index (χ2v) is 7.43.